The van der Waals surface area contributed by atoms with E-state index in [1.165, 1.54) is 11.3 Å². The zero-order chi connectivity index (χ0) is 18.5. The molecule has 0 N–H and O–H groups in total. The van der Waals surface area contributed by atoms with E-state index in [2.05, 4.69) is 0 Å². The number of benzene rings is 1. The molecule has 140 valence electrons. The molecule has 0 radical (unpaired) electrons. The maximum atomic E-state index is 12.7. The van der Waals surface area contributed by atoms with Crippen molar-refractivity contribution in [1.29, 1.82) is 0 Å². The predicted molar refractivity (Wildman–Crippen MR) is 101 cm³/mol. The van der Waals surface area contributed by atoms with Crippen molar-refractivity contribution in [2.24, 2.45) is 0 Å². The number of carbonyl (C=O) groups is 1. The van der Waals surface area contributed by atoms with Crippen LogP contribution in [0.15, 0.2) is 34.4 Å². The summed E-state index contributed by atoms with van der Waals surface area (Å²) in [6.07, 6.45) is 0.987. The Bertz CT molecular complexity index is 814. The Kier molecular flexibility index (Phi) is 5.98. The third-order valence-electron chi connectivity index (χ3n) is 4.36. The Morgan fingerprint density at radius 2 is 2.12 bits per heavy atom. The summed E-state index contributed by atoms with van der Waals surface area (Å²) in [7, 11) is 0. The summed E-state index contributed by atoms with van der Waals surface area (Å²) in [6, 6.07) is 7.56. The van der Waals surface area contributed by atoms with Gasteiger partial charge in [0.15, 0.2) is 17.6 Å². The van der Waals surface area contributed by atoms with E-state index in [4.69, 9.17) is 9.47 Å². The molecule has 0 saturated carbocycles. The molecule has 0 spiro atoms. The fraction of sp³-hybridized carbons (Fsp3) is 0.474. The first kappa shape index (κ1) is 18.5. The van der Waals surface area contributed by atoms with Gasteiger partial charge in [0, 0.05) is 30.6 Å². The lowest BCUT2D eigenvalue weighted by atomic mass is 10.2. The lowest BCUT2D eigenvalue weighted by Gasteiger charge is -2.31. The summed E-state index contributed by atoms with van der Waals surface area (Å²) in [5.41, 5.74) is 0.899. The van der Waals surface area contributed by atoms with Crippen LogP contribution < -0.4 is 14.3 Å². The largest absolute Gasteiger partial charge is 0.486 e. The smallest absolute Gasteiger partial charge is 0.307 e. The van der Waals surface area contributed by atoms with Crippen LogP contribution in [-0.4, -0.2) is 41.2 Å². The second kappa shape index (κ2) is 8.40. The highest BCUT2D eigenvalue weighted by Gasteiger charge is 2.25. The molecule has 1 aromatic heterocycles. The van der Waals surface area contributed by atoms with Crippen LogP contribution in [-0.2, 0) is 11.3 Å². The van der Waals surface area contributed by atoms with Crippen LogP contribution in [0.25, 0.3) is 0 Å². The zero-order valence-corrected chi connectivity index (χ0v) is 16.0. The summed E-state index contributed by atoms with van der Waals surface area (Å²) in [5.74, 6) is 1.49. The summed E-state index contributed by atoms with van der Waals surface area (Å²) in [4.78, 5) is 26.3. The summed E-state index contributed by atoms with van der Waals surface area (Å²) in [6.45, 7) is 5.92. The molecule has 0 bridgehead atoms. The molecule has 0 fully saturated rings. The number of amides is 1. The minimum Gasteiger partial charge on any atom is -0.486 e. The number of thiazole rings is 1. The fourth-order valence-corrected chi connectivity index (χ4v) is 3.79. The van der Waals surface area contributed by atoms with Crippen LogP contribution in [0.1, 0.15) is 25.5 Å². The third-order valence-corrected chi connectivity index (χ3v) is 5.24. The average Bonchev–Trinajstić information content (AvgIpc) is 2.97. The Labute approximate surface area is 157 Å². The molecular weight excluding hydrogens is 352 g/mol. The van der Waals surface area contributed by atoms with Crippen LogP contribution in [0.2, 0.25) is 0 Å². The summed E-state index contributed by atoms with van der Waals surface area (Å²) in [5, 5.41) is 1.82. The second-order valence-electron chi connectivity index (χ2n) is 6.38. The first-order valence-electron chi connectivity index (χ1n) is 8.89. The van der Waals surface area contributed by atoms with Gasteiger partial charge in [-0.3, -0.25) is 9.59 Å². The highest BCUT2D eigenvalue weighted by atomic mass is 32.1. The van der Waals surface area contributed by atoms with Gasteiger partial charge in [0.2, 0.25) is 5.91 Å². The van der Waals surface area contributed by atoms with E-state index in [1.54, 1.807) is 4.57 Å². The molecule has 1 amide bonds. The van der Waals surface area contributed by atoms with Crippen LogP contribution in [0, 0.1) is 6.92 Å². The van der Waals surface area contributed by atoms with Gasteiger partial charge in [0.1, 0.15) is 6.61 Å². The van der Waals surface area contributed by atoms with E-state index in [0.717, 1.165) is 17.9 Å². The Balaban J connectivity index is 1.60. The molecule has 0 saturated heterocycles. The van der Waals surface area contributed by atoms with E-state index in [0.29, 0.717) is 38.4 Å². The lowest BCUT2D eigenvalue weighted by molar-refractivity contribution is -0.133. The van der Waals surface area contributed by atoms with Crippen molar-refractivity contribution in [3.63, 3.8) is 0 Å². The molecule has 1 aliphatic heterocycles. The van der Waals surface area contributed by atoms with Crippen LogP contribution in [0.4, 0.5) is 0 Å². The van der Waals surface area contributed by atoms with Crippen molar-refractivity contribution in [1.82, 2.24) is 9.47 Å². The van der Waals surface area contributed by atoms with Crippen molar-refractivity contribution >= 4 is 17.2 Å². The lowest BCUT2D eigenvalue weighted by Crippen LogP contribution is -2.44. The minimum atomic E-state index is -0.189. The standard InChI is InChI=1S/C19H24N2O4S/c1-3-9-20(18(22)8-10-21-14(2)13-26-19(21)23)11-15-12-24-16-6-4-5-7-17(16)25-15/h4-7,13,15H,3,8-12H2,1-2H3/t15-/m0/s1. The quantitative estimate of drug-likeness (QED) is 0.745. The molecule has 1 aliphatic rings. The molecule has 0 unspecified atom stereocenters. The number of aryl methyl sites for hydroxylation is 1. The number of carbonyl (C=O) groups excluding carboxylic acids is 1. The molecule has 0 aliphatic carbocycles. The van der Waals surface area contributed by atoms with Crippen molar-refractivity contribution in [2.75, 3.05) is 19.7 Å². The van der Waals surface area contributed by atoms with Crippen molar-refractivity contribution < 1.29 is 14.3 Å². The van der Waals surface area contributed by atoms with Gasteiger partial charge in [0.05, 0.1) is 6.54 Å². The van der Waals surface area contributed by atoms with Gasteiger partial charge in [-0.15, -0.1) is 0 Å². The van der Waals surface area contributed by atoms with Crippen LogP contribution in [0.5, 0.6) is 11.5 Å². The maximum absolute atomic E-state index is 12.7. The highest BCUT2D eigenvalue weighted by Crippen LogP contribution is 2.31. The van der Waals surface area contributed by atoms with Gasteiger partial charge in [-0.1, -0.05) is 30.4 Å². The van der Waals surface area contributed by atoms with E-state index in [9.17, 15) is 9.59 Å². The molecule has 1 aromatic carbocycles. The van der Waals surface area contributed by atoms with Gasteiger partial charge in [-0.2, -0.15) is 0 Å². The zero-order valence-electron chi connectivity index (χ0n) is 15.1. The topological polar surface area (TPSA) is 60.8 Å². The average molecular weight is 376 g/mol. The van der Waals surface area contributed by atoms with Gasteiger partial charge >= 0.3 is 4.87 Å². The van der Waals surface area contributed by atoms with Gasteiger partial charge in [-0.05, 0) is 25.5 Å². The van der Waals surface area contributed by atoms with Gasteiger partial charge < -0.3 is 18.9 Å². The number of ether oxygens (including phenoxy) is 2. The van der Waals surface area contributed by atoms with Crippen molar-refractivity contribution in [3.05, 3.63) is 45.0 Å². The highest BCUT2D eigenvalue weighted by molar-refractivity contribution is 7.07. The molecule has 2 aromatic rings. The van der Waals surface area contributed by atoms with Gasteiger partial charge in [0.25, 0.3) is 0 Å². The van der Waals surface area contributed by atoms with E-state index in [1.807, 2.05) is 48.4 Å². The van der Waals surface area contributed by atoms with E-state index >= 15 is 0 Å². The Morgan fingerprint density at radius 3 is 2.81 bits per heavy atom. The normalized spacial score (nSPS) is 15.7. The molecule has 1 atom stereocenters. The predicted octanol–water partition coefficient (Wildman–Crippen LogP) is 2.69. The molecule has 7 heteroatoms. The number of nitrogens with zero attached hydrogens (tertiary/aromatic N) is 2. The first-order chi connectivity index (χ1) is 12.6. The summed E-state index contributed by atoms with van der Waals surface area (Å²) >= 11 is 1.17. The molecule has 6 nitrogen and oxygen atoms in total. The van der Waals surface area contributed by atoms with E-state index < -0.39 is 0 Å². The second-order valence-corrected chi connectivity index (χ2v) is 7.20. The number of para-hydroxylation sites is 2. The monoisotopic (exact) mass is 376 g/mol. The number of hydrogen-bond acceptors (Lipinski definition) is 5. The molecule has 26 heavy (non-hydrogen) atoms. The minimum absolute atomic E-state index is 0.0158. The molecular formula is C19H24N2O4S. The van der Waals surface area contributed by atoms with Gasteiger partial charge in [-0.25, -0.2) is 0 Å². The SMILES string of the molecule is CCCN(C[C@H]1COc2ccccc2O1)C(=O)CCn1c(C)csc1=O. The number of rotatable bonds is 7. The van der Waals surface area contributed by atoms with Crippen LogP contribution >= 0.6 is 11.3 Å². The Hall–Kier alpha value is -2.28. The summed E-state index contributed by atoms with van der Waals surface area (Å²) < 4.78 is 13.4. The number of fused-ring (bicyclic) bond motifs is 1. The van der Waals surface area contributed by atoms with Crippen LogP contribution in [0.3, 0.4) is 0 Å². The first-order valence-corrected chi connectivity index (χ1v) is 9.77. The number of hydrogen-bond donors (Lipinski definition) is 0. The van der Waals surface area contributed by atoms with Crippen molar-refractivity contribution in [3.8, 4) is 11.5 Å². The molecule has 3 rings (SSSR count). The maximum Gasteiger partial charge on any atom is 0.307 e. The number of aromatic nitrogens is 1. The molecule has 2 heterocycles. The fourth-order valence-electron chi connectivity index (χ4n) is 3.03. The Morgan fingerprint density at radius 1 is 1.35 bits per heavy atom. The van der Waals surface area contributed by atoms with E-state index in [-0.39, 0.29) is 16.9 Å². The van der Waals surface area contributed by atoms with Crippen molar-refractivity contribution in [2.45, 2.75) is 39.3 Å². The third kappa shape index (κ3) is 4.27.